The zero-order valence-electron chi connectivity index (χ0n) is 15.0. The zero-order valence-corrected chi connectivity index (χ0v) is 15.0. The van der Waals surface area contributed by atoms with Crippen LogP contribution in [0.2, 0.25) is 0 Å². The van der Waals surface area contributed by atoms with Crippen LogP contribution in [0.5, 0.6) is 0 Å². The van der Waals surface area contributed by atoms with Gasteiger partial charge in [0.25, 0.3) is 0 Å². The van der Waals surface area contributed by atoms with Gasteiger partial charge in [-0.2, -0.15) is 0 Å². The maximum absolute atomic E-state index is 13.6. The Kier molecular flexibility index (Phi) is 4.03. The number of nitrogens with one attached hydrogen (secondary N) is 1. The minimum absolute atomic E-state index is 0.274. The second kappa shape index (κ2) is 6.37. The lowest BCUT2D eigenvalue weighted by Gasteiger charge is -2.06. The molecule has 0 fully saturated rings. The average molecular weight is 349 g/mol. The van der Waals surface area contributed by atoms with E-state index in [0.29, 0.717) is 18.3 Å². The van der Waals surface area contributed by atoms with Crippen molar-refractivity contribution in [3.63, 3.8) is 0 Å². The van der Waals surface area contributed by atoms with E-state index in [1.165, 1.54) is 12.1 Å². The lowest BCUT2D eigenvalue weighted by Crippen LogP contribution is -2.03. The highest BCUT2D eigenvalue weighted by Gasteiger charge is 2.14. The van der Waals surface area contributed by atoms with Crippen molar-refractivity contribution in [2.75, 3.05) is 0 Å². The second-order valence-electron chi connectivity index (χ2n) is 6.77. The first-order valence-electron chi connectivity index (χ1n) is 8.64. The molecule has 26 heavy (non-hydrogen) atoms. The molecule has 0 aliphatic heterocycles. The summed E-state index contributed by atoms with van der Waals surface area (Å²) in [6.07, 6.45) is 3.59. The van der Waals surface area contributed by atoms with Crippen LogP contribution >= 0.6 is 0 Å². The molecular formula is C20H20FN5. The largest absolute Gasteiger partial charge is 0.340 e. The molecule has 0 spiro atoms. The first-order chi connectivity index (χ1) is 12.5. The molecule has 4 rings (SSSR count). The Morgan fingerprint density at radius 3 is 2.81 bits per heavy atom. The minimum atomic E-state index is -0.274. The molecule has 3 heterocycles. The summed E-state index contributed by atoms with van der Waals surface area (Å²) in [6, 6.07) is 8.47. The molecule has 5 nitrogen and oxygen atoms in total. The Bertz CT molecular complexity index is 1080. The van der Waals surface area contributed by atoms with Gasteiger partial charge >= 0.3 is 0 Å². The van der Waals surface area contributed by atoms with Gasteiger partial charge in [0, 0.05) is 23.7 Å². The molecule has 0 bridgehead atoms. The van der Waals surface area contributed by atoms with E-state index in [9.17, 15) is 4.39 Å². The molecule has 1 N–H and O–H groups in total. The normalized spacial score (nSPS) is 11.6. The number of aryl methyl sites for hydroxylation is 1. The highest BCUT2D eigenvalue weighted by atomic mass is 19.1. The van der Waals surface area contributed by atoms with E-state index in [2.05, 4.69) is 28.8 Å². The Hall–Kier alpha value is -3.02. The van der Waals surface area contributed by atoms with E-state index < -0.39 is 0 Å². The van der Waals surface area contributed by atoms with Gasteiger partial charge in [-0.3, -0.25) is 4.98 Å². The molecule has 6 heteroatoms. The van der Waals surface area contributed by atoms with Crippen LogP contribution in [0.15, 0.2) is 42.7 Å². The number of aromatic nitrogens is 5. The van der Waals surface area contributed by atoms with Gasteiger partial charge in [0.05, 0.1) is 17.8 Å². The van der Waals surface area contributed by atoms with Crippen molar-refractivity contribution in [2.45, 2.75) is 33.2 Å². The van der Waals surface area contributed by atoms with Gasteiger partial charge in [-0.25, -0.2) is 14.4 Å². The van der Waals surface area contributed by atoms with Crippen molar-refractivity contribution in [2.24, 2.45) is 0 Å². The minimum Gasteiger partial charge on any atom is -0.340 e. The molecule has 0 saturated carbocycles. The van der Waals surface area contributed by atoms with Crippen LogP contribution in [0.25, 0.3) is 22.4 Å². The summed E-state index contributed by atoms with van der Waals surface area (Å²) in [5, 5.41) is 0. The molecule has 0 aliphatic rings. The molecule has 132 valence electrons. The third kappa shape index (κ3) is 2.98. The highest BCUT2D eigenvalue weighted by Crippen LogP contribution is 2.24. The molecule has 0 saturated heterocycles. The second-order valence-corrected chi connectivity index (χ2v) is 6.77. The van der Waals surface area contributed by atoms with Crippen molar-refractivity contribution in [1.29, 1.82) is 0 Å². The number of hydrogen-bond donors (Lipinski definition) is 1. The molecular weight excluding hydrogens is 329 g/mol. The summed E-state index contributed by atoms with van der Waals surface area (Å²) >= 11 is 0. The zero-order chi connectivity index (χ0) is 18.3. The third-order valence-electron chi connectivity index (χ3n) is 4.34. The SMILES string of the molecule is Cc1cc2[nH]c(Cn3ccnc3-c3cccc(F)c3)nc2c(C(C)C)n1. The van der Waals surface area contributed by atoms with Gasteiger partial charge in [0.1, 0.15) is 23.0 Å². The number of imidazole rings is 2. The average Bonchev–Trinajstić information content (AvgIpc) is 3.20. The van der Waals surface area contributed by atoms with Crippen LogP contribution in [0, 0.1) is 12.7 Å². The fourth-order valence-electron chi connectivity index (χ4n) is 3.19. The Morgan fingerprint density at radius 2 is 2.04 bits per heavy atom. The van der Waals surface area contributed by atoms with E-state index in [1.54, 1.807) is 12.3 Å². The topological polar surface area (TPSA) is 59.4 Å². The van der Waals surface area contributed by atoms with E-state index >= 15 is 0 Å². The maximum Gasteiger partial charge on any atom is 0.140 e. The van der Waals surface area contributed by atoms with Crippen molar-refractivity contribution in [1.82, 2.24) is 24.5 Å². The third-order valence-corrected chi connectivity index (χ3v) is 4.34. The number of halogens is 1. The Balaban J connectivity index is 1.73. The number of rotatable bonds is 4. The Labute approximate surface area is 151 Å². The van der Waals surface area contributed by atoms with Gasteiger partial charge in [-0.15, -0.1) is 0 Å². The predicted octanol–water partition coefficient (Wildman–Crippen LogP) is 4.44. The van der Waals surface area contributed by atoms with Gasteiger partial charge in [0.2, 0.25) is 0 Å². The first-order valence-corrected chi connectivity index (χ1v) is 8.64. The molecule has 0 aliphatic carbocycles. The number of benzene rings is 1. The van der Waals surface area contributed by atoms with Crippen molar-refractivity contribution >= 4 is 11.0 Å². The summed E-state index contributed by atoms with van der Waals surface area (Å²) in [4.78, 5) is 17.2. The monoisotopic (exact) mass is 349 g/mol. The van der Waals surface area contributed by atoms with E-state index in [4.69, 9.17) is 4.98 Å². The molecule has 0 radical (unpaired) electrons. The van der Waals surface area contributed by atoms with E-state index in [-0.39, 0.29) is 5.82 Å². The first kappa shape index (κ1) is 16.4. The number of H-pyrrole nitrogens is 1. The summed E-state index contributed by atoms with van der Waals surface area (Å²) in [5.74, 6) is 1.56. The quantitative estimate of drug-likeness (QED) is 0.592. The Morgan fingerprint density at radius 1 is 1.19 bits per heavy atom. The van der Waals surface area contributed by atoms with Crippen molar-refractivity contribution in [3.8, 4) is 11.4 Å². The number of pyridine rings is 1. The van der Waals surface area contributed by atoms with Crippen LogP contribution in [0.4, 0.5) is 4.39 Å². The number of hydrogen-bond acceptors (Lipinski definition) is 3. The summed E-state index contributed by atoms with van der Waals surface area (Å²) in [7, 11) is 0. The summed E-state index contributed by atoms with van der Waals surface area (Å²) in [5.41, 5.74) is 4.61. The lowest BCUT2D eigenvalue weighted by molar-refractivity contribution is 0.628. The fraction of sp³-hybridized carbons (Fsp3) is 0.250. The van der Waals surface area contributed by atoms with E-state index in [1.807, 2.05) is 29.8 Å². The van der Waals surface area contributed by atoms with Gasteiger partial charge in [-0.05, 0) is 31.0 Å². The molecule has 4 aromatic rings. The lowest BCUT2D eigenvalue weighted by atomic mass is 10.1. The van der Waals surface area contributed by atoms with Gasteiger partial charge in [-0.1, -0.05) is 26.0 Å². The van der Waals surface area contributed by atoms with Crippen molar-refractivity contribution < 1.29 is 4.39 Å². The highest BCUT2D eigenvalue weighted by molar-refractivity contribution is 5.78. The molecule has 0 unspecified atom stereocenters. The van der Waals surface area contributed by atoms with Gasteiger partial charge in [0.15, 0.2) is 0 Å². The number of aromatic amines is 1. The summed E-state index contributed by atoms with van der Waals surface area (Å²) < 4.78 is 15.5. The summed E-state index contributed by atoms with van der Waals surface area (Å²) in [6.45, 7) is 6.75. The standard InChI is InChI=1S/C20H20FN5/c1-12(2)18-19-16(9-13(3)23-18)24-17(25-19)11-26-8-7-22-20(26)14-5-4-6-15(21)10-14/h4-10,12H,11H2,1-3H3,(H,24,25). The molecule has 0 atom stereocenters. The molecule has 3 aromatic heterocycles. The predicted molar refractivity (Wildman–Crippen MR) is 99.4 cm³/mol. The van der Waals surface area contributed by atoms with Crippen LogP contribution < -0.4 is 0 Å². The maximum atomic E-state index is 13.6. The number of nitrogens with zero attached hydrogens (tertiary/aromatic N) is 4. The van der Waals surface area contributed by atoms with Crippen molar-refractivity contribution in [3.05, 3.63) is 65.8 Å². The van der Waals surface area contributed by atoms with E-state index in [0.717, 1.165) is 33.8 Å². The molecule has 1 aromatic carbocycles. The fourth-order valence-corrected chi connectivity index (χ4v) is 3.19. The van der Waals surface area contributed by atoms with Crippen LogP contribution in [0.1, 0.15) is 37.0 Å². The van der Waals surface area contributed by atoms with Crippen LogP contribution in [-0.4, -0.2) is 24.5 Å². The smallest absolute Gasteiger partial charge is 0.140 e. The van der Waals surface area contributed by atoms with Crippen LogP contribution in [0.3, 0.4) is 0 Å². The van der Waals surface area contributed by atoms with Gasteiger partial charge < -0.3 is 9.55 Å². The molecule has 0 amide bonds. The number of fused-ring (bicyclic) bond motifs is 1. The van der Waals surface area contributed by atoms with Crippen LogP contribution in [-0.2, 0) is 6.54 Å².